The molecule has 30 heavy (non-hydrogen) atoms. The summed E-state index contributed by atoms with van der Waals surface area (Å²) in [6.07, 6.45) is 1.75. The summed E-state index contributed by atoms with van der Waals surface area (Å²) in [5.41, 5.74) is 6.08. The van der Waals surface area contributed by atoms with E-state index in [1.807, 2.05) is 61.5 Å². The number of aryl methyl sites for hydroxylation is 1. The molecule has 1 aromatic heterocycles. The number of aromatic amines is 1. The summed E-state index contributed by atoms with van der Waals surface area (Å²) >= 11 is 0. The monoisotopic (exact) mass is 395 g/mol. The fourth-order valence-electron chi connectivity index (χ4n) is 4.02. The molecule has 0 bridgehead atoms. The quantitative estimate of drug-likeness (QED) is 0.499. The van der Waals surface area contributed by atoms with Gasteiger partial charge in [-0.25, -0.2) is 4.79 Å². The van der Waals surface area contributed by atoms with Crippen LogP contribution in [0.1, 0.15) is 16.7 Å². The van der Waals surface area contributed by atoms with Crippen molar-refractivity contribution in [2.45, 2.75) is 20.0 Å². The van der Waals surface area contributed by atoms with E-state index in [9.17, 15) is 9.59 Å². The van der Waals surface area contributed by atoms with Crippen molar-refractivity contribution in [2.24, 2.45) is 0 Å². The maximum absolute atomic E-state index is 12.7. The van der Waals surface area contributed by atoms with E-state index in [-0.39, 0.29) is 11.6 Å². The highest BCUT2D eigenvalue weighted by molar-refractivity contribution is 5.96. The van der Waals surface area contributed by atoms with Gasteiger partial charge in [0.25, 0.3) is 5.56 Å². The molecule has 5 heteroatoms. The topological polar surface area (TPSA) is 65.2 Å². The van der Waals surface area contributed by atoms with Crippen LogP contribution in [-0.4, -0.2) is 15.9 Å². The Morgan fingerprint density at radius 1 is 0.933 bits per heavy atom. The molecule has 0 fully saturated rings. The normalized spacial score (nSPS) is 12.8. The number of carbonyl (C=O) groups excluding carboxylic acids is 1. The number of urea groups is 1. The molecule has 0 aliphatic carbocycles. The van der Waals surface area contributed by atoms with Crippen molar-refractivity contribution in [2.75, 3.05) is 5.32 Å². The van der Waals surface area contributed by atoms with E-state index >= 15 is 0 Å². The maximum Gasteiger partial charge on any atom is 0.322 e. The molecule has 148 valence electrons. The molecule has 2 N–H and O–H groups in total. The highest BCUT2D eigenvalue weighted by Crippen LogP contribution is 2.28. The fourth-order valence-corrected chi connectivity index (χ4v) is 4.02. The molecular weight excluding hydrogens is 374 g/mol. The first kappa shape index (κ1) is 18.2. The second-order valence-electron chi connectivity index (χ2n) is 7.71. The lowest BCUT2D eigenvalue weighted by atomic mass is 9.99. The van der Waals surface area contributed by atoms with Crippen molar-refractivity contribution in [1.29, 1.82) is 0 Å². The molecule has 0 radical (unpaired) electrons. The van der Waals surface area contributed by atoms with Gasteiger partial charge in [-0.3, -0.25) is 4.79 Å². The number of hydrogen-bond acceptors (Lipinski definition) is 2. The summed E-state index contributed by atoms with van der Waals surface area (Å²) in [7, 11) is 0. The third-order valence-electron chi connectivity index (χ3n) is 5.63. The number of fused-ring (bicyclic) bond motifs is 2. The Bertz CT molecular complexity index is 1300. The van der Waals surface area contributed by atoms with E-state index < -0.39 is 0 Å². The summed E-state index contributed by atoms with van der Waals surface area (Å²) in [5.74, 6) is 0. The van der Waals surface area contributed by atoms with Crippen molar-refractivity contribution >= 4 is 22.5 Å². The molecule has 0 saturated heterocycles. The molecule has 0 spiro atoms. The van der Waals surface area contributed by atoms with Crippen molar-refractivity contribution in [3.8, 4) is 11.1 Å². The highest BCUT2D eigenvalue weighted by atomic mass is 16.2. The summed E-state index contributed by atoms with van der Waals surface area (Å²) in [4.78, 5) is 29.4. The van der Waals surface area contributed by atoms with Gasteiger partial charge in [0, 0.05) is 35.9 Å². The van der Waals surface area contributed by atoms with Gasteiger partial charge in [0.05, 0.1) is 0 Å². The first-order valence-corrected chi connectivity index (χ1v) is 9.94. The number of rotatable bonds is 2. The number of nitrogens with one attached hydrogen (secondary N) is 2. The van der Waals surface area contributed by atoms with Crippen LogP contribution in [0.3, 0.4) is 0 Å². The van der Waals surface area contributed by atoms with E-state index in [0.717, 1.165) is 27.8 Å². The summed E-state index contributed by atoms with van der Waals surface area (Å²) in [6.45, 7) is 3.27. The minimum Gasteiger partial charge on any atom is -0.328 e. The van der Waals surface area contributed by atoms with Crippen LogP contribution in [0.15, 0.2) is 77.7 Å². The predicted molar refractivity (Wildman–Crippen MR) is 119 cm³/mol. The number of amides is 2. The van der Waals surface area contributed by atoms with Gasteiger partial charge < -0.3 is 15.2 Å². The number of aromatic nitrogens is 1. The van der Waals surface area contributed by atoms with Gasteiger partial charge in [-0.15, -0.1) is 0 Å². The van der Waals surface area contributed by atoms with E-state index in [2.05, 4.69) is 22.4 Å². The molecule has 0 saturated carbocycles. The first-order chi connectivity index (χ1) is 14.6. The first-order valence-electron chi connectivity index (χ1n) is 9.94. The Morgan fingerprint density at radius 3 is 2.33 bits per heavy atom. The van der Waals surface area contributed by atoms with Crippen LogP contribution in [-0.2, 0) is 13.1 Å². The molecule has 3 aromatic carbocycles. The molecule has 0 atom stereocenters. The van der Waals surface area contributed by atoms with Crippen molar-refractivity contribution < 1.29 is 4.79 Å². The Morgan fingerprint density at radius 2 is 1.63 bits per heavy atom. The molecule has 1 aliphatic rings. The third kappa shape index (κ3) is 3.24. The zero-order valence-electron chi connectivity index (χ0n) is 16.6. The van der Waals surface area contributed by atoms with Crippen LogP contribution in [0.2, 0.25) is 0 Å². The van der Waals surface area contributed by atoms with E-state index in [4.69, 9.17) is 0 Å². The third-order valence-corrected chi connectivity index (χ3v) is 5.63. The van der Waals surface area contributed by atoms with Gasteiger partial charge in [-0.05, 0) is 47.2 Å². The van der Waals surface area contributed by atoms with Crippen molar-refractivity contribution in [1.82, 2.24) is 9.88 Å². The maximum atomic E-state index is 12.7. The number of nitrogens with zero attached hydrogens (tertiary/aromatic N) is 1. The minimum absolute atomic E-state index is 0.0933. The number of carbonyl (C=O) groups is 1. The van der Waals surface area contributed by atoms with Gasteiger partial charge in [-0.2, -0.15) is 0 Å². The summed E-state index contributed by atoms with van der Waals surface area (Å²) in [6, 6.07) is 21.6. The lowest BCUT2D eigenvalue weighted by Crippen LogP contribution is -2.30. The van der Waals surface area contributed by atoms with Gasteiger partial charge in [0.1, 0.15) is 0 Å². The summed E-state index contributed by atoms with van der Waals surface area (Å²) in [5, 5.41) is 4.57. The second kappa shape index (κ2) is 7.19. The molecule has 5 nitrogen and oxygen atoms in total. The van der Waals surface area contributed by atoms with Crippen LogP contribution in [0, 0.1) is 6.92 Å². The van der Waals surface area contributed by atoms with Crippen LogP contribution in [0.25, 0.3) is 21.9 Å². The Hall–Kier alpha value is -3.86. The number of H-pyrrole nitrogens is 1. The predicted octanol–water partition coefficient (Wildman–Crippen LogP) is 5.05. The molecular formula is C25H21N3O2. The van der Waals surface area contributed by atoms with Crippen LogP contribution in [0.5, 0.6) is 0 Å². The molecule has 2 heterocycles. The van der Waals surface area contributed by atoms with Gasteiger partial charge >= 0.3 is 6.03 Å². The Balaban J connectivity index is 1.37. The van der Waals surface area contributed by atoms with E-state index in [1.54, 1.807) is 11.1 Å². The molecule has 0 unspecified atom stereocenters. The van der Waals surface area contributed by atoms with E-state index in [0.29, 0.717) is 18.5 Å². The molecule has 1 aliphatic heterocycles. The Kier molecular flexibility index (Phi) is 4.36. The standard InChI is InChI=1S/C25H21N3O2/c1-16-6-11-21-22(12-16)23(13-26-24(21)29)17-7-9-20(10-8-17)27-25(30)28-14-18-4-2-3-5-19(18)15-28/h2-13H,14-15H2,1H3,(H,26,29)(H,27,30). The van der Waals surface area contributed by atoms with Crippen LogP contribution < -0.4 is 10.9 Å². The average molecular weight is 395 g/mol. The smallest absolute Gasteiger partial charge is 0.322 e. The fraction of sp³-hybridized carbons (Fsp3) is 0.120. The molecule has 4 aromatic rings. The zero-order valence-corrected chi connectivity index (χ0v) is 16.6. The largest absolute Gasteiger partial charge is 0.328 e. The average Bonchev–Trinajstić information content (AvgIpc) is 3.19. The Labute approximate surface area is 174 Å². The SMILES string of the molecule is Cc1ccc2c(=O)[nH]cc(-c3ccc(NC(=O)N4Cc5ccccc5C4)cc3)c2c1. The van der Waals surface area contributed by atoms with Crippen LogP contribution >= 0.6 is 0 Å². The number of benzene rings is 3. The molecule has 5 rings (SSSR count). The van der Waals surface area contributed by atoms with Gasteiger partial charge in [-0.1, -0.05) is 54.1 Å². The molecule has 2 amide bonds. The number of pyridine rings is 1. The van der Waals surface area contributed by atoms with Crippen molar-refractivity contribution in [3.63, 3.8) is 0 Å². The lowest BCUT2D eigenvalue weighted by Gasteiger charge is -2.16. The zero-order chi connectivity index (χ0) is 20.7. The van der Waals surface area contributed by atoms with Crippen molar-refractivity contribution in [3.05, 3.63) is 100.0 Å². The van der Waals surface area contributed by atoms with Crippen LogP contribution in [0.4, 0.5) is 10.5 Å². The second-order valence-corrected chi connectivity index (χ2v) is 7.71. The highest BCUT2D eigenvalue weighted by Gasteiger charge is 2.22. The van der Waals surface area contributed by atoms with E-state index in [1.165, 1.54) is 11.1 Å². The summed E-state index contributed by atoms with van der Waals surface area (Å²) < 4.78 is 0. The number of hydrogen-bond donors (Lipinski definition) is 2. The van der Waals surface area contributed by atoms with Gasteiger partial charge in [0.2, 0.25) is 0 Å². The van der Waals surface area contributed by atoms with Gasteiger partial charge in [0.15, 0.2) is 0 Å². The number of anilines is 1. The minimum atomic E-state index is -0.107. The lowest BCUT2D eigenvalue weighted by molar-refractivity contribution is 0.212.